The van der Waals surface area contributed by atoms with Crippen LogP contribution in [0.5, 0.6) is 11.5 Å². The van der Waals surface area contributed by atoms with E-state index in [0.29, 0.717) is 18.0 Å². The summed E-state index contributed by atoms with van der Waals surface area (Å²) in [6.45, 7) is 0.345. The smallest absolute Gasteiger partial charge is 0.271 e. The number of halogens is 1. The average molecular weight is 280 g/mol. The van der Waals surface area contributed by atoms with Crippen LogP contribution in [0.1, 0.15) is 5.56 Å². The van der Waals surface area contributed by atoms with E-state index in [9.17, 15) is 10.1 Å². The Morgan fingerprint density at radius 2 is 2.16 bits per heavy atom. The second-order valence-corrected chi connectivity index (χ2v) is 4.11. The summed E-state index contributed by atoms with van der Waals surface area (Å²) in [7, 11) is 0. The minimum absolute atomic E-state index is 0.0915. The van der Waals surface area contributed by atoms with Crippen molar-refractivity contribution in [2.75, 3.05) is 0 Å². The van der Waals surface area contributed by atoms with E-state index in [-0.39, 0.29) is 10.7 Å². The zero-order chi connectivity index (χ0) is 13.8. The Morgan fingerprint density at radius 3 is 2.79 bits per heavy atom. The number of hydrogen-bond donors (Lipinski definition) is 1. The van der Waals surface area contributed by atoms with E-state index in [4.69, 9.17) is 22.1 Å². The number of hydrogen-bond acceptors (Lipinski definition) is 5. The van der Waals surface area contributed by atoms with Crippen molar-refractivity contribution in [1.82, 2.24) is 4.98 Å². The zero-order valence-corrected chi connectivity index (χ0v) is 10.5. The lowest BCUT2D eigenvalue weighted by Crippen LogP contribution is -1.97. The molecule has 2 aromatic rings. The molecule has 0 atom stereocenters. The van der Waals surface area contributed by atoms with Gasteiger partial charge in [-0.25, -0.2) is 0 Å². The van der Waals surface area contributed by atoms with Crippen molar-refractivity contribution in [1.29, 1.82) is 0 Å². The molecule has 0 aliphatic carbocycles. The number of rotatable bonds is 4. The summed E-state index contributed by atoms with van der Waals surface area (Å²) in [6, 6.07) is 5.72. The fourth-order valence-corrected chi connectivity index (χ4v) is 1.66. The van der Waals surface area contributed by atoms with Crippen LogP contribution >= 0.6 is 11.6 Å². The van der Waals surface area contributed by atoms with Crippen LogP contribution in [0.25, 0.3) is 0 Å². The first-order chi connectivity index (χ1) is 9.10. The largest absolute Gasteiger partial charge is 0.454 e. The molecule has 19 heavy (non-hydrogen) atoms. The summed E-state index contributed by atoms with van der Waals surface area (Å²) in [6.07, 6.45) is 3.14. The van der Waals surface area contributed by atoms with Crippen LogP contribution in [-0.4, -0.2) is 9.91 Å². The summed E-state index contributed by atoms with van der Waals surface area (Å²) in [5, 5.41) is 10.7. The molecule has 1 heterocycles. The normalized spacial score (nSPS) is 10.2. The van der Waals surface area contributed by atoms with Crippen molar-refractivity contribution >= 4 is 17.3 Å². The van der Waals surface area contributed by atoms with Crippen LogP contribution in [0.4, 0.5) is 5.69 Å². The maximum Gasteiger partial charge on any atom is 0.271 e. The van der Waals surface area contributed by atoms with E-state index in [1.54, 1.807) is 12.3 Å². The lowest BCUT2D eigenvalue weighted by Gasteiger charge is -2.07. The molecule has 7 heteroatoms. The van der Waals surface area contributed by atoms with Gasteiger partial charge in [-0.2, -0.15) is 0 Å². The molecule has 98 valence electrons. The lowest BCUT2D eigenvalue weighted by atomic mass is 10.3. The molecule has 0 fully saturated rings. The van der Waals surface area contributed by atoms with E-state index in [1.165, 1.54) is 24.4 Å². The maximum absolute atomic E-state index is 10.6. The maximum atomic E-state index is 10.6. The molecule has 6 nitrogen and oxygen atoms in total. The van der Waals surface area contributed by atoms with Gasteiger partial charge in [0.15, 0.2) is 0 Å². The number of nitrogens with zero attached hydrogens (tertiary/aromatic N) is 2. The van der Waals surface area contributed by atoms with Crippen LogP contribution in [0.15, 0.2) is 36.7 Å². The van der Waals surface area contributed by atoms with Crippen molar-refractivity contribution in [3.05, 3.63) is 57.4 Å². The predicted molar refractivity (Wildman–Crippen MR) is 70.3 cm³/mol. The van der Waals surface area contributed by atoms with Gasteiger partial charge in [-0.1, -0.05) is 11.6 Å². The molecule has 0 saturated carbocycles. The second kappa shape index (κ2) is 5.64. The van der Waals surface area contributed by atoms with E-state index < -0.39 is 4.92 Å². The molecular weight excluding hydrogens is 270 g/mol. The molecule has 0 aliphatic rings. The Hall–Kier alpha value is -2.18. The highest BCUT2D eigenvalue weighted by Gasteiger charge is 2.11. The third-order valence-corrected chi connectivity index (χ3v) is 2.65. The predicted octanol–water partition coefficient (Wildman–Crippen LogP) is 2.89. The van der Waals surface area contributed by atoms with Crippen LogP contribution in [0, 0.1) is 10.1 Å². The molecule has 0 radical (unpaired) electrons. The summed E-state index contributed by atoms with van der Waals surface area (Å²) in [5.74, 6) is 0.793. The summed E-state index contributed by atoms with van der Waals surface area (Å²) >= 11 is 5.92. The zero-order valence-electron chi connectivity index (χ0n) is 9.75. The molecule has 0 aliphatic heterocycles. The van der Waals surface area contributed by atoms with E-state index in [0.717, 1.165) is 5.56 Å². The SMILES string of the molecule is NCc1cncc(Oc2ccc([N+](=O)[O-])cc2Cl)c1. The van der Waals surface area contributed by atoms with Gasteiger partial charge >= 0.3 is 0 Å². The number of aromatic nitrogens is 1. The van der Waals surface area contributed by atoms with Gasteiger partial charge in [0, 0.05) is 24.9 Å². The monoisotopic (exact) mass is 279 g/mol. The summed E-state index contributed by atoms with van der Waals surface area (Å²) < 4.78 is 5.51. The highest BCUT2D eigenvalue weighted by atomic mass is 35.5. The van der Waals surface area contributed by atoms with Gasteiger partial charge in [0.05, 0.1) is 16.1 Å². The Kier molecular flexibility index (Phi) is 3.94. The Balaban J connectivity index is 2.25. The van der Waals surface area contributed by atoms with Gasteiger partial charge < -0.3 is 10.5 Å². The summed E-state index contributed by atoms with van der Waals surface area (Å²) in [4.78, 5) is 14.0. The molecule has 2 rings (SSSR count). The molecule has 0 spiro atoms. The number of nitrogens with two attached hydrogens (primary N) is 1. The molecule has 0 saturated heterocycles. The first-order valence-corrected chi connectivity index (χ1v) is 5.73. The summed E-state index contributed by atoms with van der Waals surface area (Å²) in [5.41, 5.74) is 6.22. The van der Waals surface area contributed by atoms with Gasteiger partial charge in [0.25, 0.3) is 5.69 Å². The molecule has 1 aromatic carbocycles. The number of ether oxygens (including phenoxy) is 1. The third-order valence-electron chi connectivity index (χ3n) is 2.36. The van der Waals surface area contributed by atoms with E-state index in [2.05, 4.69) is 4.98 Å². The molecular formula is C12H10ClN3O3. The minimum atomic E-state index is -0.522. The third kappa shape index (κ3) is 3.18. The van der Waals surface area contributed by atoms with Gasteiger partial charge in [0.2, 0.25) is 0 Å². The number of non-ortho nitro benzene ring substituents is 1. The van der Waals surface area contributed by atoms with Crippen LogP contribution in [-0.2, 0) is 6.54 Å². The molecule has 1 aromatic heterocycles. The highest BCUT2D eigenvalue weighted by molar-refractivity contribution is 6.32. The number of nitro groups is 1. The van der Waals surface area contributed by atoms with Crippen LogP contribution in [0.2, 0.25) is 5.02 Å². The average Bonchev–Trinajstić information content (AvgIpc) is 2.41. The molecule has 0 amide bonds. The minimum Gasteiger partial charge on any atom is -0.454 e. The van der Waals surface area contributed by atoms with Gasteiger partial charge in [-0.15, -0.1) is 0 Å². The Labute approximate surface area is 113 Å². The second-order valence-electron chi connectivity index (χ2n) is 3.71. The first-order valence-electron chi connectivity index (χ1n) is 5.36. The van der Waals surface area contributed by atoms with Crippen molar-refractivity contribution in [3.8, 4) is 11.5 Å². The fraction of sp³-hybridized carbons (Fsp3) is 0.0833. The Morgan fingerprint density at radius 1 is 1.37 bits per heavy atom. The van der Waals surface area contributed by atoms with Crippen molar-refractivity contribution in [2.45, 2.75) is 6.54 Å². The molecule has 0 bridgehead atoms. The Bertz CT molecular complexity index is 619. The quantitative estimate of drug-likeness (QED) is 0.686. The van der Waals surface area contributed by atoms with Gasteiger partial charge in [0.1, 0.15) is 11.5 Å². The van der Waals surface area contributed by atoms with E-state index >= 15 is 0 Å². The molecule has 2 N–H and O–H groups in total. The number of nitro benzene ring substituents is 1. The fourth-order valence-electron chi connectivity index (χ4n) is 1.44. The topological polar surface area (TPSA) is 91.3 Å². The number of pyridine rings is 1. The molecule has 0 unspecified atom stereocenters. The highest BCUT2D eigenvalue weighted by Crippen LogP contribution is 2.32. The van der Waals surface area contributed by atoms with Crippen LogP contribution in [0.3, 0.4) is 0 Å². The first kappa shape index (κ1) is 13.3. The van der Waals surface area contributed by atoms with Crippen LogP contribution < -0.4 is 10.5 Å². The van der Waals surface area contributed by atoms with Crippen molar-refractivity contribution in [2.24, 2.45) is 5.73 Å². The lowest BCUT2D eigenvalue weighted by molar-refractivity contribution is -0.384. The number of benzene rings is 1. The van der Waals surface area contributed by atoms with Crippen molar-refractivity contribution < 1.29 is 9.66 Å². The van der Waals surface area contributed by atoms with Gasteiger partial charge in [-0.05, 0) is 17.7 Å². The van der Waals surface area contributed by atoms with E-state index in [1.807, 2.05) is 0 Å². The van der Waals surface area contributed by atoms with Crippen molar-refractivity contribution in [3.63, 3.8) is 0 Å². The van der Waals surface area contributed by atoms with Gasteiger partial charge in [-0.3, -0.25) is 15.1 Å². The standard InChI is InChI=1S/C12H10ClN3O3/c13-11-4-9(16(17)18)1-2-12(11)19-10-3-8(5-14)6-15-7-10/h1-4,6-7H,5,14H2.